The van der Waals surface area contributed by atoms with E-state index in [9.17, 15) is 4.79 Å². The molecule has 0 saturated carbocycles. The van der Waals surface area contributed by atoms with Gasteiger partial charge in [-0.1, -0.05) is 37.6 Å². The van der Waals surface area contributed by atoms with Crippen molar-refractivity contribution in [1.29, 1.82) is 0 Å². The second kappa shape index (κ2) is 12.8. The summed E-state index contributed by atoms with van der Waals surface area (Å²) in [6.45, 7) is 10.6. The molecule has 1 amide bonds. The van der Waals surface area contributed by atoms with Crippen molar-refractivity contribution in [3.05, 3.63) is 84.7 Å². The molecule has 3 aliphatic rings. The van der Waals surface area contributed by atoms with Crippen LogP contribution in [0.2, 0.25) is 0 Å². The Morgan fingerprint density at radius 3 is 3.03 bits per heavy atom. The lowest BCUT2D eigenvalue weighted by molar-refractivity contribution is -0.120. The van der Waals surface area contributed by atoms with Gasteiger partial charge >= 0.3 is 0 Å². The molecule has 7 heteroatoms. The van der Waals surface area contributed by atoms with Crippen molar-refractivity contribution < 1.29 is 9.53 Å². The van der Waals surface area contributed by atoms with Crippen LogP contribution in [0.15, 0.2) is 79.1 Å². The summed E-state index contributed by atoms with van der Waals surface area (Å²) >= 11 is 0. The Kier molecular flexibility index (Phi) is 8.99. The van der Waals surface area contributed by atoms with Crippen molar-refractivity contribution in [2.24, 2.45) is 23.5 Å². The molecule has 2 saturated heterocycles. The van der Waals surface area contributed by atoms with Gasteiger partial charge in [-0.25, -0.2) is 4.98 Å². The number of allylic oxidation sites excluding steroid dienone is 3. The maximum absolute atomic E-state index is 14.0. The second-order valence-corrected chi connectivity index (χ2v) is 11.1. The fourth-order valence-electron chi connectivity index (χ4n) is 6.60. The van der Waals surface area contributed by atoms with E-state index in [0.717, 1.165) is 68.8 Å². The highest BCUT2D eigenvalue weighted by Crippen LogP contribution is 2.43. The van der Waals surface area contributed by atoms with Gasteiger partial charge < -0.3 is 19.9 Å². The van der Waals surface area contributed by atoms with E-state index in [1.807, 2.05) is 41.8 Å². The smallest absolute Gasteiger partial charge is 0.241 e. The molecule has 0 bridgehead atoms. The Bertz CT molecular complexity index is 1190. The van der Waals surface area contributed by atoms with Crippen molar-refractivity contribution in [1.82, 2.24) is 14.5 Å². The van der Waals surface area contributed by atoms with Gasteiger partial charge in [0.15, 0.2) is 0 Å². The number of ether oxygens (including phenoxy) is 1. The molecule has 0 unspecified atom stereocenters. The first kappa shape index (κ1) is 27.4. The Hall–Kier alpha value is -3.16. The van der Waals surface area contributed by atoms with Crippen molar-refractivity contribution in [2.45, 2.75) is 58.2 Å². The highest BCUT2D eigenvalue weighted by atomic mass is 16.5. The predicted molar refractivity (Wildman–Crippen MR) is 156 cm³/mol. The molecule has 1 aromatic carbocycles. The molecule has 2 N–H and O–H groups in total. The summed E-state index contributed by atoms with van der Waals surface area (Å²) in [6, 6.07) is 8.36. The van der Waals surface area contributed by atoms with Crippen LogP contribution < -0.4 is 10.6 Å². The summed E-state index contributed by atoms with van der Waals surface area (Å²) < 4.78 is 7.94. The van der Waals surface area contributed by atoms with Crippen LogP contribution in [0.4, 0.5) is 5.69 Å². The van der Waals surface area contributed by atoms with E-state index in [1.54, 1.807) is 0 Å². The molecule has 1 aromatic heterocycles. The molecular weight excluding hydrogens is 486 g/mol. The Balaban J connectivity index is 1.38. The van der Waals surface area contributed by atoms with Gasteiger partial charge in [0.25, 0.3) is 0 Å². The number of aromatic nitrogens is 2. The molecule has 0 spiro atoms. The zero-order valence-electron chi connectivity index (χ0n) is 23.3. The fraction of sp³-hybridized carbons (Fsp3) is 0.500. The zero-order valence-corrected chi connectivity index (χ0v) is 23.3. The molecule has 4 atom stereocenters. The second-order valence-electron chi connectivity index (χ2n) is 11.1. The fourth-order valence-corrected chi connectivity index (χ4v) is 6.60. The number of anilines is 1. The molecule has 7 nitrogen and oxygen atoms in total. The largest absolute Gasteiger partial charge is 0.493 e. The van der Waals surface area contributed by atoms with Crippen LogP contribution in [0.3, 0.4) is 0 Å². The number of likely N-dealkylation sites (tertiary alicyclic amines) is 1. The van der Waals surface area contributed by atoms with Crippen molar-refractivity contribution in [3.63, 3.8) is 0 Å². The molecule has 39 heavy (non-hydrogen) atoms. The van der Waals surface area contributed by atoms with E-state index in [-0.39, 0.29) is 11.9 Å². The topological polar surface area (TPSA) is 76.6 Å². The third kappa shape index (κ3) is 6.20. The first-order valence-electron chi connectivity index (χ1n) is 14.6. The summed E-state index contributed by atoms with van der Waals surface area (Å²) in [6.07, 6.45) is 17.5. The quantitative estimate of drug-likeness (QED) is 0.395. The highest BCUT2D eigenvalue weighted by Gasteiger charge is 2.44. The maximum atomic E-state index is 14.0. The Labute approximate surface area is 233 Å². The number of nitrogens with zero attached hydrogens (tertiary/aromatic N) is 4. The average molecular weight is 530 g/mol. The van der Waals surface area contributed by atoms with Crippen LogP contribution >= 0.6 is 0 Å². The van der Waals surface area contributed by atoms with E-state index in [2.05, 4.69) is 52.2 Å². The molecule has 1 aliphatic carbocycles. The molecule has 5 rings (SSSR count). The number of amides is 1. The minimum absolute atomic E-state index is 0.155. The van der Waals surface area contributed by atoms with Crippen LogP contribution in [0.5, 0.6) is 0 Å². The third-order valence-corrected chi connectivity index (χ3v) is 8.69. The summed E-state index contributed by atoms with van der Waals surface area (Å²) in [5.74, 6) is 2.39. The standard InChI is InChI=1S/C32H43N5O2/c1-3-5-14-37(27-8-6-7-24(18-27)20-33)32(38)22-36-21-29(25-9-10-31-26(19-25)12-17-39-31)28(4-2)30(36)11-15-35-16-13-34-23-35/h4,6-8,10,13,16,18-19,23,25,28-30H,2-3,5,9,11-12,14-15,17,20-22,33H2,1H3/t25-,28-,29-,30+/m1/s1. The van der Waals surface area contributed by atoms with Crippen LogP contribution in [0.1, 0.15) is 44.6 Å². The van der Waals surface area contributed by atoms with Crippen molar-refractivity contribution in [2.75, 3.05) is 31.1 Å². The number of benzene rings is 1. The lowest BCUT2D eigenvalue weighted by Gasteiger charge is -2.30. The number of rotatable bonds is 12. The van der Waals surface area contributed by atoms with Crippen LogP contribution in [-0.4, -0.2) is 52.6 Å². The van der Waals surface area contributed by atoms with Gasteiger partial charge in [0.2, 0.25) is 5.91 Å². The lowest BCUT2D eigenvalue weighted by Crippen LogP contribution is -2.44. The van der Waals surface area contributed by atoms with Gasteiger partial charge in [-0.3, -0.25) is 9.69 Å². The van der Waals surface area contributed by atoms with Gasteiger partial charge in [0, 0.05) is 56.7 Å². The van der Waals surface area contributed by atoms with Crippen LogP contribution in [-0.2, 0) is 22.6 Å². The van der Waals surface area contributed by atoms with E-state index in [0.29, 0.717) is 37.4 Å². The molecule has 2 aromatic rings. The Morgan fingerprint density at radius 2 is 2.26 bits per heavy atom. The molecule has 0 radical (unpaired) electrons. The number of hydrogen-bond acceptors (Lipinski definition) is 5. The minimum atomic E-state index is 0.155. The average Bonchev–Trinajstić information content (AvgIpc) is 3.72. The number of carbonyl (C=O) groups is 1. The van der Waals surface area contributed by atoms with E-state index >= 15 is 0 Å². The first-order chi connectivity index (χ1) is 19.1. The number of nitrogens with two attached hydrogens (primary N) is 1. The zero-order chi connectivity index (χ0) is 27.2. The molecule has 2 aliphatic heterocycles. The molecule has 2 fully saturated rings. The normalized spacial score (nSPS) is 24.6. The summed E-state index contributed by atoms with van der Waals surface area (Å²) in [4.78, 5) is 22.6. The SMILES string of the molecule is C=C[C@@H]1[C@@H]([C@H]2C=C3CCOC3=CC2)CN(CC(=O)N(CCCC)c2cccc(CN)c2)[C@H]1CCn1ccnc1. The minimum Gasteiger partial charge on any atom is -0.493 e. The van der Waals surface area contributed by atoms with Crippen LogP contribution in [0.25, 0.3) is 0 Å². The Morgan fingerprint density at radius 1 is 1.36 bits per heavy atom. The molecule has 208 valence electrons. The maximum Gasteiger partial charge on any atom is 0.241 e. The van der Waals surface area contributed by atoms with Gasteiger partial charge in [-0.15, -0.1) is 6.58 Å². The van der Waals surface area contributed by atoms with E-state index in [4.69, 9.17) is 10.5 Å². The monoisotopic (exact) mass is 529 g/mol. The number of unbranched alkanes of at least 4 members (excludes halogenated alkanes) is 1. The highest BCUT2D eigenvalue weighted by molar-refractivity contribution is 5.95. The first-order valence-corrected chi connectivity index (χ1v) is 14.6. The number of imidazole rings is 1. The number of fused-ring (bicyclic) bond motifs is 1. The molecule has 3 heterocycles. The summed E-state index contributed by atoms with van der Waals surface area (Å²) in [5, 5.41) is 0. The molecular formula is C32H43N5O2. The number of hydrogen-bond donors (Lipinski definition) is 1. The van der Waals surface area contributed by atoms with E-state index < -0.39 is 0 Å². The summed E-state index contributed by atoms with van der Waals surface area (Å²) in [7, 11) is 0. The summed E-state index contributed by atoms with van der Waals surface area (Å²) in [5.41, 5.74) is 9.26. The van der Waals surface area contributed by atoms with Gasteiger partial charge in [-0.2, -0.15) is 0 Å². The van der Waals surface area contributed by atoms with Gasteiger partial charge in [0.1, 0.15) is 5.76 Å². The lowest BCUT2D eigenvalue weighted by atomic mass is 9.76. The van der Waals surface area contributed by atoms with Gasteiger partial charge in [-0.05, 0) is 66.4 Å². The number of carbonyl (C=O) groups excluding carboxylic acids is 1. The predicted octanol–water partition coefficient (Wildman–Crippen LogP) is 4.92. The van der Waals surface area contributed by atoms with Crippen LogP contribution in [0, 0.1) is 17.8 Å². The van der Waals surface area contributed by atoms with E-state index in [1.165, 1.54) is 5.57 Å². The van der Waals surface area contributed by atoms with Crippen molar-refractivity contribution in [3.8, 4) is 0 Å². The van der Waals surface area contributed by atoms with Crippen molar-refractivity contribution >= 4 is 11.6 Å². The third-order valence-electron chi connectivity index (χ3n) is 8.69. The van der Waals surface area contributed by atoms with Gasteiger partial charge in [0.05, 0.1) is 19.5 Å². The number of aryl methyl sites for hydroxylation is 1.